The normalized spacial score (nSPS) is 21.9. The Morgan fingerprint density at radius 2 is 1.69 bits per heavy atom. The van der Waals surface area contributed by atoms with Crippen LogP contribution in [0.4, 0.5) is 0 Å². The maximum atomic E-state index is 6.02. The molecule has 0 amide bonds. The molecule has 96 valence electrons. The fourth-order valence-electron chi connectivity index (χ4n) is 2.36. The first-order valence-corrected chi connectivity index (χ1v) is 6.25. The standard InChI is InChI=1S/C12H28N4/c1-14(2)9-10-16(4)12(11-13)5-7-15(3)8-6-12/h5-11,13H2,1-4H3. The maximum Gasteiger partial charge on any atom is 0.0353 e. The van der Waals surface area contributed by atoms with Gasteiger partial charge >= 0.3 is 0 Å². The van der Waals surface area contributed by atoms with E-state index in [-0.39, 0.29) is 5.54 Å². The van der Waals surface area contributed by atoms with E-state index < -0.39 is 0 Å². The number of nitrogens with two attached hydrogens (primary N) is 1. The molecule has 0 saturated carbocycles. The summed E-state index contributed by atoms with van der Waals surface area (Å²) in [6.45, 7) is 5.33. The van der Waals surface area contributed by atoms with Crippen LogP contribution in [0.2, 0.25) is 0 Å². The van der Waals surface area contributed by atoms with Crippen LogP contribution in [0.5, 0.6) is 0 Å². The number of hydrogen-bond acceptors (Lipinski definition) is 4. The van der Waals surface area contributed by atoms with Crippen LogP contribution in [0.1, 0.15) is 12.8 Å². The van der Waals surface area contributed by atoms with Crippen LogP contribution in [0, 0.1) is 0 Å². The highest BCUT2D eigenvalue weighted by Gasteiger charge is 2.35. The molecular weight excluding hydrogens is 200 g/mol. The average molecular weight is 228 g/mol. The smallest absolute Gasteiger partial charge is 0.0353 e. The Bertz CT molecular complexity index is 197. The lowest BCUT2D eigenvalue weighted by atomic mass is 9.86. The zero-order valence-electron chi connectivity index (χ0n) is 11.4. The van der Waals surface area contributed by atoms with Gasteiger partial charge in [0, 0.05) is 25.2 Å². The molecule has 4 heteroatoms. The molecule has 0 aliphatic carbocycles. The molecule has 0 atom stereocenters. The quantitative estimate of drug-likeness (QED) is 0.713. The first-order chi connectivity index (χ1) is 7.50. The fourth-order valence-corrected chi connectivity index (χ4v) is 2.36. The van der Waals surface area contributed by atoms with Gasteiger partial charge in [0.05, 0.1) is 0 Å². The summed E-state index contributed by atoms with van der Waals surface area (Å²) < 4.78 is 0. The van der Waals surface area contributed by atoms with E-state index in [0.717, 1.165) is 19.6 Å². The molecule has 4 nitrogen and oxygen atoms in total. The Morgan fingerprint density at radius 3 is 2.12 bits per heavy atom. The van der Waals surface area contributed by atoms with Crippen molar-refractivity contribution in [1.82, 2.24) is 14.7 Å². The maximum absolute atomic E-state index is 6.02. The minimum atomic E-state index is 0.239. The fraction of sp³-hybridized carbons (Fsp3) is 1.00. The van der Waals surface area contributed by atoms with Crippen molar-refractivity contribution >= 4 is 0 Å². The van der Waals surface area contributed by atoms with Crippen molar-refractivity contribution in [1.29, 1.82) is 0 Å². The van der Waals surface area contributed by atoms with Crippen molar-refractivity contribution in [3.63, 3.8) is 0 Å². The van der Waals surface area contributed by atoms with Crippen molar-refractivity contribution in [2.24, 2.45) is 5.73 Å². The highest BCUT2D eigenvalue weighted by atomic mass is 15.2. The van der Waals surface area contributed by atoms with E-state index >= 15 is 0 Å². The molecule has 1 heterocycles. The van der Waals surface area contributed by atoms with Crippen LogP contribution in [0.3, 0.4) is 0 Å². The molecular formula is C12H28N4. The highest BCUT2D eigenvalue weighted by Crippen LogP contribution is 2.26. The van der Waals surface area contributed by atoms with Crippen molar-refractivity contribution in [3.8, 4) is 0 Å². The number of rotatable bonds is 5. The van der Waals surface area contributed by atoms with Gasteiger partial charge in [0.2, 0.25) is 0 Å². The third-order valence-electron chi connectivity index (χ3n) is 3.99. The first-order valence-electron chi connectivity index (χ1n) is 6.25. The molecule has 1 rings (SSSR count). The van der Waals surface area contributed by atoms with Gasteiger partial charge in [0.25, 0.3) is 0 Å². The van der Waals surface area contributed by atoms with E-state index in [9.17, 15) is 0 Å². The van der Waals surface area contributed by atoms with Crippen LogP contribution < -0.4 is 5.73 Å². The second-order valence-corrected chi connectivity index (χ2v) is 5.46. The van der Waals surface area contributed by atoms with E-state index in [2.05, 4.69) is 42.9 Å². The Morgan fingerprint density at radius 1 is 1.12 bits per heavy atom. The van der Waals surface area contributed by atoms with Crippen LogP contribution in [0.15, 0.2) is 0 Å². The topological polar surface area (TPSA) is 35.7 Å². The van der Waals surface area contributed by atoms with E-state index in [0.29, 0.717) is 0 Å². The lowest BCUT2D eigenvalue weighted by molar-refractivity contribution is 0.0499. The number of piperidine rings is 1. The first kappa shape index (κ1) is 13.9. The SMILES string of the molecule is CN(C)CCN(C)C1(CN)CCN(C)CC1. The Kier molecular flexibility index (Phi) is 5.18. The Balaban J connectivity index is 2.51. The molecule has 1 aliphatic heterocycles. The van der Waals surface area contributed by atoms with E-state index in [1.165, 1.54) is 25.9 Å². The second kappa shape index (κ2) is 5.96. The average Bonchev–Trinajstić information content (AvgIpc) is 2.27. The van der Waals surface area contributed by atoms with Gasteiger partial charge in [0.1, 0.15) is 0 Å². The predicted octanol–water partition coefficient (Wildman–Crippen LogP) is -0.0971. The monoisotopic (exact) mass is 228 g/mol. The molecule has 16 heavy (non-hydrogen) atoms. The van der Waals surface area contributed by atoms with Gasteiger partial charge in [-0.2, -0.15) is 0 Å². The summed E-state index contributed by atoms with van der Waals surface area (Å²) >= 11 is 0. The summed E-state index contributed by atoms with van der Waals surface area (Å²) in [4.78, 5) is 7.10. The third-order valence-corrected chi connectivity index (χ3v) is 3.99. The second-order valence-electron chi connectivity index (χ2n) is 5.46. The Hall–Kier alpha value is -0.160. The van der Waals surface area contributed by atoms with Crippen LogP contribution in [-0.4, -0.2) is 81.2 Å². The van der Waals surface area contributed by atoms with Gasteiger partial charge in [-0.25, -0.2) is 0 Å². The third kappa shape index (κ3) is 3.42. The van der Waals surface area contributed by atoms with Crippen molar-refractivity contribution in [3.05, 3.63) is 0 Å². The molecule has 0 aromatic rings. The minimum Gasteiger partial charge on any atom is -0.329 e. The van der Waals surface area contributed by atoms with Gasteiger partial charge in [0.15, 0.2) is 0 Å². The van der Waals surface area contributed by atoms with Gasteiger partial charge in [-0.3, -0.25) is 4.90 Å². The summed E-state index contributed by atoms with van der Waals surface area (Å²) in [6.07, 6.45) is 2.40. The number of hydrogen-bond donors (Lipinski definition) is 1. The summed E-state index contributed by atoms with van der Waals surface area (Å²) in [6, 6.07) is 0. The molecule has 0 spiro atoms. The minimum absolute atomic E-state index is 0.239. The highest BCUT2D eigenvalue weighted by molar-refractivity contribution is 4.94. The van der Waals surface area contributed by atoms with Gasteiger partial charge in [-0.15, -0.1) is 0 Å². The van der Waals surface area contributed by atoms with E-state index in [4.69, 9.17) is 5.73 Å². The number of likely N-dealkylation sites (tertiary alicyclic amines) is 1. The van der Waals surface area contributed by atoms with Gasteiger partial charge in [-0.05, 0) is 54.1 Å². The molecule has 1 saturated heterocycles. The summed E-state index contributed by atoms with van der Waals surface area (Å²) in [7, 11) is 8.66. The van der Waals surface area contributed by atoms with E-state index in [1.807, 2.05) is 0 Å². The summed E-state index contributed by atoms with van der Waals surface area (Å²) in [5, 5.41) is 0. The van der Waals surface area contributed by atoms with Crippen molar-refractivity contribution in [2.75, 3.05) is 60.9 Å². The zero-order chi connectivity index (χ0) is 12.2. The van der Waals surface area contributed by atoms with Crippen molar-refractivity contribution in [2.45, 2.75) is 18.4 Å². The lowest BCUT2D eigenvalue weighted by Gasteiger charge is -2.46. The molecule has 0 bridgehead atoms. The summed E-state index contributed by atoms with van der Waals surface area (Å²) in [5.74, 6) is 0. The lowest BCUT2D eigenvalue weighted by Crippen LogP contribution is -2.58. The van der Waals surface area contributed by atoms with Crippen molar-refractivity contribution < 1.29 is 0 Å². The van der Waals surface area contributed by atoms with E-state index in [1.54, 1.807) is 0 Å². The molecule has 1 aliphatic rings. The number of likely N-dealkylation sites (N-methyl/N-ethyl adjacent to an activating group) is 2. The summed E-state index contributed by atoms with van der Waals surface area (Å²) in [5.41, 5.74) is 6.26. The number of nitrogens with zero attached hydrogens (tertiary/aromatic N) is 3. The van der Waals surface area contributed by atoms with Gasteiger partial charge in [-0.1, -0.05) is 0 Å². The molecule has 2 N–H and O–H groups in total. The molecule has 0 aromatic heterocycles. The van der Waals surface area contributed by atoms with Crippen LogP contribution in [-0.2, 0) is 0 Å². The largest absolute Gasteiger partial charge is 0.329 e. The Labute approximate surface area is 100 Å². The predicted molar refractivity (Wildman–Crippen MR) is 69.7 cm³/mol. The van der Waals surface area contributed by atoms with Gasteiger partial charge < -0.3 is 15.5 Å². The van der Waals surface area contributed by atoms with Crippen LogP contribution >= 0.6 is 0 Å². The van der Waals surface area contributed by atoms with Crippen LogP contribution in [0.25, 0.3) is 0 Å². The molecule has 0 unspecified atom stereocenters. The molecule has 1 fully saturated rings. The molecule has 0 aromatic carbocycles. The molecule has 0 radical (unpaired) electrons. The zero-order valence-corrected chi connectivity index (χ0v) is 11.4.